The fourth-order valence-corrected chi connectivity index (χ4v) is 4.22. The number of benzene rings is 3. The number of hydrogen-bond acceptors (Lipinski definition) is 3. The zero-order chi connectivity index (χ0) is 23.8. The number of amides is 1. The van der Waals surface area contributed by atoms with Gasteiger partial charge in [-0.15, -0.1) is 0 Å². The van der Waals surface area contributed by atoms with Gasteiger partial charge in [0.25, 0.3) is 5.91 Å². The lowest BCUT2D eigenvalue weighted by Crippen LogP contribution is -2.27. The third-order valence-electron chi connectivity index (χ3n) is 6.20. The van der Waals surface area contributed by atoms with Crippen molar-refractivity contribution in [1.82, 2.24) is 15.6 Å². The monoisotopic (exact) mass is 455 g/mol. The van der Waals surface area contributed by atoms with E-state index in [4.69, 9.17) is 0 Å². The van der Waals surface area contributed by atoms with E-state index in [0.29, 0.717) is 13.1 Å². The molecule has 0 saturated carbocycles. The van der Waals surface area contributed by atoms with E-state index in [1.807, 2.05) is 36.5 Å². The SMILES string of the molecule is Cc1ccc(CCCCNC(=O)c2ccccc2CNCCc2c[nH]c3ccc(O)cc23)cc1. The van der Waals surface area contributed by atoms with Crippen molar-refractivity contribution in [2.75, 3.05) is 13.1 Å². The van der Waals surface area contributed by atoms with Crippen molar-refractivity contribution in [3.8, 4) is 5.75 Å². The molecular weight excluding hydrogens is 422 g/mol. The molecule has 0 spiro atoms. The number of H-pyrrole nitrogens is 1. The Morgan fingerprint density at radius 2 is 1.74 bits per heavy atom. The van der Waals surface area contributed by atoms with E-state index in [1.54, 1.807) is 12.1 Å². The van der Waals surface area contributed by atoms with E-state index < -0.39 is 0 Å². The van der Waals surface area contributed by atoms with Gasteiger partial charge in [-0.1, -0.05) is 48.0 Å². The average Bonchev–Trinajstić information content (AvgIpc) is 3.25. The first-order chi connectivity index (χ1) is 16.6. The molecule has 0 radical (unpaired) electrons. The molecule has 0 fully saturated rings. The molecule has 176 valence electrons. The second kappa shape index (κ2) is 11.5. The summed E-state index contributed by atoms with van der Waals surface area (Å²) in [6.45, 7) is 4.19. The lowest BCUT2D eigenvalue weighted by molar-refractivity contribution is 0.0952. The molecular formula is C29H33N3O2. The van der Waals surface area contributed by atoms with Gasteiger partial charge >= 0.3 is 0 Å². The van der Waals surface area contributed by atoms with E-state index in [1.165, 1.54) is 11.1 Å². The van der Waals surface area contributed by atoms with Crippen molar-refractivity contribution in [3.63, 3.8) is 0 Å². The second-order valence-corrected chi connectivity index (χ2v) is 8.83. The van der Waals surface area contributed by atoms with Gasteiger partial charge in [0.2, 0.25) is 0 Å². The largest absolute Gasteiger partial charge is 0.508 e. The number of nitrogens with one attached hydrogen (secondary N) is 3. The second-order valence-electron chi connectivity index (χ2n) is 8.83. The van der Waals surface area contributed by atoms with E-state index in [-0.39, 0.29) is 11.7 Å². The number of aromatic amines is 1. The highest BCUT2D eigenvalue weighted by atomic mass is 16.3. The number of unbranched alkanes of at least 4 members (excludes halogenated alkanes) is 1. The molecule has 3 aromatic carbocycles. The number of rotatable bonds is 11. The molecule has 4 aromatic rings. The number of hydrogen-bond donors (Lipinski definition) is 4. The molecule has 4 N–H and O–H groups in total. The highest BCUT2D eigenvalue weighted by molar-refractivity contribution is 5.95. The number of phenolic OH excluding ortho intramolecular Hbond substituents is 1. The molecule has 0 aliphatic carbocycles. The number of fused-ring (bicyclic) bond motifs is 1. The summed E-state index contributed by atoms with van der Waals surface area (Å²) in [7, 11) is 0. The Hall–Kier alpha value is -3.57. The first kappa shape index (κ1) is 23.6. The van der Waals surface area contributed by atoms with Crippen LogP contribution < -0.4 is 10.6 Å². The average molecular weight is 456 g/mol. The minimum absolute atomic E-state index is 0.0140. The summed E-state index contributed by atoms with van der Waals surface area (Å²) in [6.07, 6.45) is 5.87. The van der Waals surface area contributed by atoms with Crippen LogP contribution in [0.15, 0.2) is 72.9 Å². The molecule has 0 aliphatic heterocycles. The molecule has 0 aliphatic rings. The smallest absolute Gasteiger partial charge is 0.251 e. The van der Waals surface area contributed by atoms with Crippen LogP contribution in [-0.4, -0.2) is 29.1 Å². The highest BCUT2D eigenvalue weighted by Gasteiger charge is 2.10. The Morgan fingerprint density at radius 3 is 2.59 bits per heavy atom. The molecule has 5 nitrogen and oxygen atoms in total. The molecule has 0 atom stereocenters. The molecule has 34 heavy (non-hydrogen) atoms. The van der Waals surface area contributed by atoms with Gasteiger partial charge in [-0.3, -0.25) is 4.79 Å². The molecule has 0 unspecified atom stereocenters. The summed E-state index contributed by atoms with van der Waals surface area (Å²) in [4.78, 5) is 16.0. The third kappa shape index (κ3) is 6.27. The van der Waals surface area contributed by atoms with Crippen molar-refractivity contribution >= 4 is 16.8 Å². The summed E-state index contributed by atoms with van der Waals surface area (Å²) in [5.41, 5.74) is 6.53. The normalized spacial score (nSPS) is 11.1. The first-order valence-electron chi connectivity index (χ1n) is 12.0. The number of carbonyl (C=O) groups is 1. The van der Waals surface area contributed by atoms with Crippen LogP contribution in [0.25, 0.3) is 10.9 Å². The van der Waals surface area contributed by atoms with Crippen LogP contribution in [0.1, 0.15) is 45.5 Å². The molecule has 5 heteroatoms. The lowest BCUT2D eigenvalue weighted by Gasteiger charge is -2.11. The molecule has 0 bridgehead atoms. The van der Waals surface area contributed by atoms with Crippen LogP contribution in [0.3, 0.4) is 0 Å². The van der Waals surface area contributed by atoms with Gasteiger partial charge in [0.1, 0.15) is 5.75 Å². The molecule has 1 amide bonds. The minimum atomic E-state index is -0.0140. The maximum atomic E-state index is 12.8. The van der Waals surface area contributed by atoms with Crippen molar-refractivity contribution in [1.29, 1.82) is 0 Å². The maximum Gasteiger partial charge on any atom is 0.251 e. The summed E-state index contributed by atoms with van der Waals surface area (Å²) >= 11 is 0. The molecule has 4 rings (SSSR count). The van der Waals surface area contributed by atoms with Gasteiger partial charge in [0.05, 0.1) is 0 Å². The van der Waals surface area contributed by atoms with Crippen molar-refractivity contribution < 1.29 is 9.90 Å². The van der Waals surface area contributed by atoms with Gasteiger partial charge in [0, 0.05) is 35.8 Å². The number of phenols is 1. The van der Waals surface area contributed by atoms with E-state index in [0.717, 1.165) is 59.8 Å². The lowest BCUT2D eigenvalue weighted by atomic mass is 10.1. The van der Waals surface area contributed by atoms with Gasteiger partial charge in [-0.2, -0.15) is 0 Å². The van der Waals surface area contributed by atoms with E-state index >= 15 is 0 Å². The Morgan fingerprint density at radius 1 is 0.912 bits per heavy atom. The minimum Gasteiger partial charge on any atom is -0.508 e. The van der Waals surface area contributed by atoms with Gasteiger partial charge in [-0.25, -0.2) is 0 Å². The summed E-state index contributed by atoms with van der Waals surface area (Å²) in [5, 5.41) is 17.3. The van der Waals surface area contributed by atoms with Gasteiger partial charge in [0.15, 0.2) is 0 Å². The number of aryl methyl sites for hydroxylation is 2. The third-order valence-corrected chi connectivity index (χ3v) is 6.20. The Labute approximate surface area is 201 Å². The van der Waals surface area contributed by atoms with Crippen molar-refractivity contribution in [2.24, 2.45) is 0 Å². The maximum absolute atomic E-state index is 12.8. The van der Waals surface area contributed by atoms with Crippen LogP contribution in [0.4, 0.5) is 0 Å². The molecule has 1 aromatic heterocycles. The van der Waals surface area contributed by atoms with Crippen LogP contribution >= 0.6 is 0 Å². The predicted molar refractivity (Wildman–Crippen MR) is 138 cm³/mol. The predicted octanol–water partition coefficient (Wildman–Crippen LogP) is 5.27. The standard InChI is InChI=1S/C29H33N3O2/c1-21-9-11-22(12-10-21)6-4-5-16-31-29(34)26-8-3-2-7-23(26)19-30-17-15-24-20-32-28-14-13-25(33)18-27(24)28/h2-3,7-14,18,20,30,32-33H,4-6,15-17,19H2,1H3,(H,31,34). The van der Waals surface area contributed by atoms with Gasteiger partial charge in [-0.05, 0) is 80.1 Å². The van der Waals surface area contributed by atoms with Crippen molar-refractivity contribution in [2.45, 2.75) is 39.2 Å². The fraction of sp³-hybridized carbons (Fsp3) is 0.276. The number of aromatic nitrogens is 1. The van der Waals surface area contributed by atoms with Crippen LogP contribution in [-0.2, 0) is 19.4 Å². The topological polar surface area (TPSA) is 77.2 Å². The van der Waals surface area contributed by atoms with Crippen LogP contribution in [0, 0.1) is 6.92 Å². The quantitative estimate of drug-likeness (QED) is 0.233. The first-order valence-corrected chi connectivity index (χ1v) is 12.0. The zero-order valence-electron chi connectivity index (χ0n) is 19.7. The highest BCUT2D eigenvalue weighted by Crippen LogP contribution is 2.23. The number of aromatic hydroxyl groups is 1. The van der Waals surface area contributed by atoms with E-state index in [9.17, 15) is 9.90 Å². The molecule has 1 heterocycles. The van der Waals surface area contributed by atoms with Crippen LogP contribution in [0.2, 0.25) is 0 Å². The van der Waals surface area contributed by atoms with E-state index in [2.05, 4.69) is 46.8 Å². The summed E-state index contributed by atoms with van der Waals surface area (Å²) in [5.74, 6) is 0.260. The fourth-order valence-electron chi connectivity index (χ4n) is 4.22. The van der Waals surface area contributed by atoms with Gasteiger partial charge < -0.3 is 20.7 Å². The number of carbonyl (C=O) groups excluding carboxylic acids is 1. The zero-order valence-corrected chi connectivity index (χ0v) is 19.7. The Kier molecular flexibility index (Phi) is 7.99. The Balaban J connectivity index is 1.22. The summed E-state index contributed by atoms with van der Waals surface area (Å²) < 4.78 is 0. The summed E-state index contributed by atoms with van der Waals surface area (Å²) in [6, 6.07) is 21.8. The van der Waals surface area contributed by atoms with Crippen molar-refractivity contribution in [3.05, 3.63) is 101 Å². The molecule has 0 saturated heterocycles. The Bertz CT molecular complexity index is 1230. The van der Waals surface area contributed by atoms with Crippen LogP contribution in [0.5, 0.6) is 5.75 Å².